The molecule has 0 aliphatic carbocycles. The summed E-state index contributed by atoms with van der Waals surface area (Å²) in [6, 6.07) is 20.5. The molecule has 1 unspecified atom stereocenters. The molecule has 0 bridgehead atoms. The molecule has 102 valence electrons. The fraction of sp³-hybridized carbons (Fsp3) is 0.278. The summed E-state index contributed by atoms with van der Waals surface area (Å²) in [7, 11) is 0. The van der Waals surface area contributed by atoms with Gasteiger partial charge in [-0.1, -0.05) is 49.4 Å². The Kier molecular flexibility index (Phi) is 5.34. The van der Waals surface area contributed by atoms with Crippen LogP contribution in [0.3, 0.4) is 0 Å². The average Bonchev–Trinajstić information content (AvgIpc) is 2.53. The van der Waals surface area contributed by atoms with Crippen molar-refractivity contribution < 1.29 is 0 Å². The van der Waals surface area contributed by atoms with Gasteiger partial charge < -0.3 is 5.32 Å². The third-order valence-electron chi connectivity index (χ3n) is 3.57. The van der Waals surface area contributed by atoms with Crippen LogP contribution in [0.15, 0.2) is 54.6 Å². The van der Waals surface area contributed by atoms with Gasteiger partial charge in [0.1, 0.15) is 0 Å². The lowest BCUT2D eigenvalue weighted by molar-refractivity contribution is 0.569. The van der Waals surface area contributed by atoms with Gasteiger partial charge in [0, 0.05) is 13.1 Å². The number of rotatable bonds is 6. The summed E-state index contributed by atoms with van der Waals surface area (Å²) in [6.45, 7) is 4.04. The highest BCUT2D eigenvalue weighted by Crippen LogP contribution is 2.18. The highest BCUT2D eigenvalue weighted by Gasteiger charge is 2.07. The monoisotopic (exact) mass is 264 g/mol. The minimum Gasteiger partial charge on any atom is -0.312 e. The summed E-state index contributed by atoms with van der Waals surface area (Å²) in [5, 5.41) is 12.3. The molecule has 0 radical (unpaired) electrons. The van der Waals surface area contributed by atoms with Gasteiger partial charge in [0.05, 0.1) is 11.6 Å². The molecule has 0 aliphatic rings. The van der Waals surface area contributed by atoms with E-state index < -0.39 is 0 Å². The van der Waals surface area contributed by atoms with Crippen molar-refractivity contribution in [2.45, 2.75) is 25.8 Å². The van der Waals surface area contributed by atoms with E-state index in [9.17, 15) is 0 Å². The SMILES string of the molecule is CCC(CNCc1ccc(C#N)cc1)c1ccccc1. The number of hydrogen-bond acceptors (Lipinski definition) is 2. The van der Waals surface area contributed by atoms with Crippen molar-refractivity contribution in [3.63, 3.8) is 0 Å². The van der Waals surface area contributed by atoms with Crippen LogP contribution in [0.1, 0.15) is 36.0 Å². The Morgan fingerprint density at radius 2 is 1.75 bits per heavy atom. The maximum Gasteiger partial charge on any atom is 0.0991 e. The normalized spacial score (nSPS) is 11.8. The van der Waals surface area contributed by atoms with Crippen molar-refractivity contribution in [3.05, 3.63) is 71.3 Å². The lowest BCUT2D eigenvalue weighted by atomic mass is 9.96. The van der Waals surface area contributed by atoms with Gasteiger partial charge in [0.2, 0.25) is 0 Å². The molecule has 0 fully saturated rings. The summed E-state index contributed by atoms with van der Waals surface area (Å²) in [4.78, 5) is 0. The number of nitrogens with one attached hydrogen (secondary N) is 1. The molecule has 2 nitrogen and oxygen atoms in total. The van der Waals surface area contributed by atoms with Gasteiger partial charge in [0.15, 0.2) is 0 Å². The van der Waals surface area contributed by atoms with Crippen LogP contribution in [0.2, 0.25) is 0 Å². The van der Waals surface area contributed by atoms with Crippen molar-refractivity contribution in [3.8, 4) is 6.07 Å². The van der Waals surface area contributed by atoms with Gasteiger partial charge in [-0.15, -0.1) is 0 Å². The molecule has 2 aromatic rings. The van der Waals surface area contributed by atoms with Crippen molar-refractivity contribution in [1.82, 2.24) is 5.32 Å². The van der Waals surface area contributed by atoms with Gasteiger partial charge in [-0.2, -0.15) is 5.26 Å². The van der Waals surface area contributed by atoms with Crippen LogP contribution in [0, 0.1) is 11.3 Å². The molecule has 0 heterocycles. The van der Waals surface area contributed by atoms with E-state index in [1.807, 2.05) is 24.3 Å². The van der Waals surface area contributed by atoms with Gasteiger partial charge in [0.25, 0.3) is 0 Å². The third-order valence-corrected chi connectivity index (χ3v) is 3.57. The van der Waals surface area contributed by atoms with E-state index >= 15 is 0 Å². The molecule has 0 aromatic heterocycles. The van der Waals surface area contributed by atoms with Crippen LogP contribution < -0.4 is 5.32 Å². The fourth-order valence-corrected chi connectivity index (χ4v) is 2.31. The van der Waals surface area contributed by atoms with E-state index in [4.69, 9.17) is 5.26 Å². The molecular formula is C18H20N2. The topological polar surface area (TPSA) is 35.8 Å². The second kappa shape index (κ2) is 7.47. The van der Waals surface area contributed by atoms with Crippen LogP contribution in [-0.2, 0) is 6.54 Å². The van der Waals surface area contributed by atoms with Gasteiger partial charge in [-0.3, -0.25) is 0 Å². The molecule has 1 atom stereocenters. The smallest absolute Gasteiger partial charge is 0.0991 e. The fourth-order valence-electron chi connectivity index (χ4n) is 2.31. The standard InChI is InChI=1S/C18H20N2/c1-2-17(18-6-4-3-5-7-18)14-20-13-16-10-8-15(12-19)9-11-16/h3-11,17,20H,2,13-14H2,1H3. The minimum atomic E-state index is 0.551. The van der Waals surface area contributed by atoms with Crippen LogP contribution in [-0.4, -0.2) is 6.54 Å². The maximum absolute atomic E-state index is 8.77. The Morgan fingerprint density at radius 3 is 2.35 bits per heavy atom. The third kappa shape index (κ3) is 3.94. The first kappa shape index (κ1) is 14.3. The first-order valence-electron chi connectivity index (χ1n) is 7.08. The van der Waals surface area contributed by atoms with E-state index in [0.29, 0.717) is 11.5 Å². The average molecular weight is 264 g/mol. The quantitative estimate of drug-likeness (QED) is 0.860. The molecule has 20 heavy (non-hydrogen) atoms. The second-order valence-corrected chi connectivity index (χ2v) is 4.96. The van der Waals surface area contributed by atoms with E-state index in [1.165, 1.54) is 11.1 Å². The Hall–Kier alpha value is -2.11. The molecule has 0 amide bonds. The van der Waals surface area contributed by atoms with Crippen molar-refractivity contribution in [2.24, 2.45) is 0 Å². The number of hydrogen-bond donors (Lipinski definition) is 1. The Balaban J connectivity index is 1.86. The summed E-state index contributed by atoms with van der Waals surface area (Å²) in [5.74, 6) is 0.551. The predicted octanol–water partition coefficient (Wildman–Crippen LogP) is 3.84. The van der Waals surface area contributed by atoms with Crippen molar-refractivity contribution in [2.75, 3.05) is 6.54 Å². The predicted molar refractivity (Wildman–Crippen MR) is 82.3 cm³/mol. The molecule has 2 heteroatoms. The lowest BCUT2D eigenvalue weighted by Gasteiger charge is -2.16. The first-order chi connectivity index (χ1) is 9.83. The van der Waals surface area contributed by atoms with Crippen LogP contribution >= 0.6 is 0 Å². The zero-order valence-electron chi connectivity index (χ0n) is 11.8. The molecule has 1 N–H and O–H groups in total. The Morgan fingerprint density at radius 1 is 1.05 bits per heavy atom. The summed E-state index contributed by atoms with van der Waals surface area (Å²) >= 11 is 0. The summed E-state index contributed by atoms with van der Waals surface area (Å²) < 4.78 is 0. The van der Waals surface area contributed by atoms with Gasteiger partial charge >= 0.3 is 0 Å². The number of nitrogens with zero attached hydrogens (tertiary/aromatic N) is 1. The van der Waals surface area contributed by atoms with Crippen LogP contribution in [0.4, 0.5) is 0 Å². The minimum absolute atomic E-state index is 0.551. The number of nitriles is 1. The van der Waals surface area contributed by atoms with Crippen LogP contribution in [0.5, 0.6) is 0 Å². The lowest BCUT2D eigenvalue weighted by Crippen LogP contribution is -2.20. The van der Waals surface area contributed by atoms with Gasteiger partial charge in [-0.05, 0) is 35.6 Å². The zero-order chi connectivity index (χ0) is 14.2. The van der Waals surface area contributed by atoms with E-state index in [1.54, 1.807) is 0 Å². The van der Waals surface area contributed by atoms with Crippen molar-refractivity contribution in [1.29, 1.82) is 5.26 Å². The highest BCUT2D eigenvalue weighted by molar-refractivity contribution is 5.31. The van der Waals surface area contributed by atoms with Crippen molar-refractivity contribution >= 4 is 0 Å². The van der Waals surface area contributed by atoms with E-state index in [0.717, 1.165) is 19.5 Å². The molecule has 0 aliphatic heterocycles. The molecule has 2 aromatic carbocycles. The number of benzene rings is 2. The maximum atomic E-state index is 8.77. The molecule has 0 saturated carbocycles. The molecule has 0 spiro atoms. The molecular weight excluding hydrogens is 244 g/mol. The molecule has 0 saturated heterocycles. The molecule has 2 rings (SSSR count). The first-order valence-corrected chi connectivity index (χ1v) is 7.08. The van der Waals surface area contributed by atoms with Crippen LogP contribution in [0.25, 0.3) is 0 Å². The Bertz CT molecular complexity index is 552. The zero-order valence-corrected chi connectivity index (χ0v) is 11.8. The van der Waals surface area contributed by atoms with E-state index in [2.05, 4.69) is 48.6 Å². The summed E-state index contributed by atoms with van der Waals surface area (Å²) in [5.41, 5.74) is 3.32. The largest absolute Gasteiger partial charge is 0.312 e. The highest BCUT2D eigenvalue weighted by atomic mass is 14.9. The van der Waals surface area contributed by atoms with Gasteiger partial charge in [-0.25, -0.2) is 0 Å². The summed E-state index contributed by atoms with van der Waals surface area (Å²) in [6.07, 6.45) is 1.13. The van der Waals surface area contributed by atoms with E-state index in [-0.39, 0.29) is 0 Å². The second-order valence-electron chi connectivity index (χ2n) is 4.96. The Labute approximate surface area is 121 Å².